The van der Waals surface area contributed by atoms with Crippen LogP contribution in [0.3, 0.4) is 0 Å². The van der Waals surface area contributed by atoms with E-state index in [1.807, 2.05) is 20.8 Å². The van der Waals surface area contributed by atoms with Gasteiger partial charge in [-0.1, -0.05) is 19.8 Å². The number of carbonyl (C=O) groups excluding carboxylic acids is 1. The fourth-order valence-electron chi connectivity index (χ4n) is 1.17. The highest BCUT2D eigenvalue weighted by molar-refractivity contribution is 5.89. The highest BCUT2D eigenvalue weighted by Gasteiger charge is 2.34. The van der Waals surface area contributed by atoms with Gasteiger partial charge in [-0.15, -0.1) is 6.42 Å². The molecule has 0 aliphatic heterocycles. The molecule has 0 aromatic carbocycles. The number of ketones is 1. The monoisotopic (exact) mass is 152 g/mol. The normalized spacial score (nSPS) is 28.7. The number of Topliss-reactive ketones (excluding diaryl/α,β-unsaturated/α-hetero) is 1. The fraction of sp³-hybridized carbons (Fsp3) is 0.700. The van der Waals surface area contributed by atoms with E-state index in [-0.39, 0.29) is 5.78 Å². The third-order valence-corrected chi connectivity index (χ3v) is 2.01. The van der Waals surface area contributed by atoms with E-state index < -0.39 is 5.41 Å². The first-order chi connectivity index (χ1) is 5.19. The highest BCUT2D eigenvalue weighted by atomic mass is 16.1. The Morgan fingerprint density at radius 1 is 1.55 bits per heavy atom. The van der Waals surface area contributed by atoms with Crippen molar-refractivity contribution in [1.29, 1.82) is 0 Å². The van der Waals surface area contributed by atoms with Crippen LogP contribution in [0.2, 0.25) is 0 Å². The summed E-state index contributed by atoms with van der Waals surface area (Å²) in [6.07, 6.45) is 7.72. The van der Waals surface area contributed by atoms with Crippen LogP contribution in [0.5, 0.6) is 0 Å². The Morgan fingerprint density at radius 2 is 2.09 bits per heavy atom. The van der Waals surface area contributed by atoms with Crippen molar-refractivity contribution in [2.75, 3.05) is 0 Å². The van der Waals surface area contributed by atoms with Gasteiger partial charge in [0.05, 0.1) is 5.41 Å². The quantitative estimate of drug-likeness (QED) is 0.487. The molecule has 0 radical (unpaired) electrons. The largest absolute Gasteiger partial charge is 0.298 e. The van der Waals surface area contributed by atoms with E-state index in [1.165, 1.54) is 0 Å². The third kappa shape index (κ3) is 2.08. The predicted molar refractivity (Wildman–Crippen MR) is 47.1 cm³/mol. The molecule has 1 fully saturated rings. The van der Waals surface area contributed by atoms with Crippen LogP contribution in [0.25, 0.3) is 0 Å². The van der Waals surface area contributed by atoms with Crippen LogP contribution in [0.15, 0.2) is 0 Å². The zero-order valence-electron chi connectivity index (χ0n) is 7.61. The first-order valence-electron chi connectivity index (χ1n) is 4.20. The molecule has 1 rings (SSSR count). The summed E-state index contributed by atoms with van der Waals surface area (Å²) in [4.78, 5) is 11.0. The lowest BCUT2D eigenvalue weighted by Gasteiger charge is -2.11. The summed E-state index contributed by atoms with van der Waals surface area (Å²) in [5.74, 6) is 2.78. The lowest BCUT2D eigenvalue weighted by Crippen LogP contribution is -2.18. The van der Waals surface area contributed by atoms with Gasteiger partial charge in [-0.2, -0.15) is 0 Å². The van der Waals surface area contributed by atoms with Gasteiger partial charge in [-0.05, 0) is 19.8 Å². The van der Waals surface area contributed by atoms with E-state index in [2.05, 4.69) is 5.92 Å². The topological polar surface area (TPSA) is 17.1 Å². The lowest BCUT2D eigenvalue weighted by atomic mass is 9.89. The molecule has 0 aromatic heterocycles. The summed E-state index contributed by atoms with van der Waals surface area (Å²) in [7, 11) is 0. The van der Waals surface area contributed by atoms with E-state index in [0.29, 0.717) is 6.42 Å². The summed E-state index contributed by atoms with van der Waals surface area (Å²) in [5, 5.41) is 0. The average molecular weight is 152 g/mol. The van der Waals surface area contributed by atoms with Crippen molar-refractivity contribution in [2.24, 2.45) is 5.41 Å². The van der Waals surface area contributed by atoms with Gasteiger partial charge >= 0.3 is 0 Å². The molecule has 0 amide bonds. The second-order valence-corrected chi connectivity index (χ2v) is 2.75. The molecular formula is C10H16O. The third-order valence-electron chi connectivity index (χ3n) is 2.01. The Hall–Kier alpha value is -0.770. The number of hydrogen-bond donors (Lipinski definition) is 0. The van der Waals surface area contributed by atoms with Crippen LogP contribution in [-0.2, 0) is 4.79 Å². The van der Waals surface area contributed by atoms with Crippen LogP contribution in [0.1, 0.15) is 40.0 Å². The van der Waals surface area contributed by atoms with Gasteiger partial charge in [0.2, 0.25) is 0 Å². The van der Waals surface area contributed by atoms with Gasteiger partial charge in [0.25, 0.3) is 0 Å². The first-order valence-corrected chi connectivity index (χ1v) is 4.20. The number of hydrogen-bond acceptors (Lipinski definition) is 1. The zero-order valence-corrected chi connectivity index (χ0v) is 7.61. The average Bonchev–Trinajstić information content (AvgIpc) is 2.38. The minimum atomic E-state index is -0.417. The maximum atomic E-state index is 11.0. The Kier molecular flexibility index (Phi) is 3.89. The first kappa shape index (κ1) is 10.2. The summed E-state index contributed by atoms with van der Waals surface area (Å²) in [6.45, 7) is 5.85. The van der Waals surface area contributed by atoms with Crippen molar-refractivity contribution in [3.8, 4) is 12.3 Å². The molecule has 0 aromatic rings. The van der Waals surface area contributed by atoms with Gasteiger partial charge in [0, 0.05) is 6.42 Å². The van der Waals surface area contributed by atoms with Gasteiger partial charge in [0.1, 0.15) is 0 Å². The Bertz CT molecular complexity index is 176. The molecule has 1 saturated carbocycles. The number of carbonyl (C=O) groups is 1. The molecule has 0 bridgehead atoms. The summed E-state index contributed by atoms with van der Waals surface area (Å²) in [5.41, 5.74) is -0.417. The standard InChI is InChI=1S/C8H10O.C2H6/c1-3-8(2)6-4-5-7(8)9;1-2/h1H,4-6H2,2H3;1-2H3. The highest BCUT2D eigenvalue weighted by Crippen LogP contribution is 2.32. The van der Waals surface area contributed by atoms with Crippen molar-refractivity contribution in [3.05, 3.63) is 0 Å². The van der Waals surface area contributed by atoms with E-state index in [0.717, 1.165) is 12.8 Å². The van der Waals surface area contributed by atoms with Gasteiger partial charge in [-0.25, -0.2) is 0 Å². The van der Waals surface area contributed by atoms with Crippen molar-refractivity contribution < 1.29 is 4.79 Å². The van der Waals surface area contributed by atoms with Gasteiger partial charge < -0.3 is 0 Å². The predicted octanol–water partition coefficient (Wildman–Crippen LogP) is 2.41. The molecule has 0 N–H and O–H groups in total. The van der Waals surface area contributed by atoms with E-state index in [1.54, 1.807) is 0 Å². The molecule has 1 atom stereocenters. The molecule has 1 unspecified atom stereocenters. The second kappa shape index (κ2) is 4.18. The molecule has 0 heterocycles. The van der Waals surface area contributed by atoms with Crippen molar-refractivity contribution in [1.82, 2.24) is 0 Å². The van der Waals surface area contributed by atoms with E-state index in [9.17, 15) is 4.79 Å². The van der Waals surface area contributed by atoms with E-state index >= 15 is 0 Å². The maximum absolute atomic E-state index is 11.0. The lowest BCUT2D eigenvalue weighted by molar-refractivity contribution is -0.122. The minimum Gasteiger partial charge on any atom is -0.298 e. The Labute approximate surface area is 69.2 Å². The Morgan fingerprint density at radius 3 is 2.27 bits per heavy atom. The molecule has 1 aliphatic carbocycles. The number of rotatable bonds is 0. The van der Waals surface area contributed by atoms with Gasteiger partial charge in [-0.3, -0.25) is 4.79 Å². The smallest absolute Gasteiger partial charge is 0.150 e. The molecule has 62 valence electrons. The molecule has 1 aliphatic rings. The zero-order chi connectivity index (χ0) is 8.91. The van der Waals surface area contributed by atoms with Crippen molar-refractivity contribution in [2.45, 2.75) is 40.0 Å². The van der Waals surface area contributed by atoms with Crippen LogP contribution in [0, 0.1) is 17.8 Å². The summed E-state index contributed by atoms with van der Waals surface area (Å²) < 4.78 is 0. The van der Waals surface area contributed by atoms with Crippen LogP contribution in [0.4, 0.5) is 0 Å². The summed E-state index contributed by atoms with van der Waals surface area (Å²) in [6, 6.07) is 0. The maximum Gasteiger partial charge on any atom is 0.150 e. The number of terminal acetylenes is 1. The van der Waals surface area contributed by atoms with Crippen LogP contribution in [-0.4, -0.2) is 5.78 Å². The molecule has 1 nitrogen and oxygen atoms in total. The van der Waals surface area contributed by atoms with Crippen LogP contribution >= 0.6 is 0 Å². The Balaban J connectivity index is 0.000000461. The SMILES string of the molecule is C#CC1(C)CCCC1=O.CC. The molecule has 1 heteroatoms. The molecule has 11 heavy (non-hydrogen) atoms. The van der Waals surface area contributed by atoms with Gasteiger partial charge in [0.15, 0.2) is 5.78 Å². The van der Waals surface area contributed by atoms with Crippen molar-refractivity contribution >= 4 is 5.78 Å². The molecule has 0 spiro atoms. The van der Waals surface area contributed by atoms with Crippen molar-refractivity contribution in [3.63, 3.8) is 0 Å². The molecule has 0 saturated heterocycles. The fourth-order valence-corrected chi connectivity index (χ4v) is 1.17. The second-order valence-electron chi connectivity index (χ2n) is 2.75. The summed E-state index contributed by atoms with van der Waals surface area (Å²) >= 11 is 0. The molecular weight excluding hydrogens is 136 g/mol. The van der Waals surface area contributed by atoms with E-state index in [4.69, 9.17) is 6.42 Å². The minimum absolute atomic E-state index is 0.241. The van der Waals surface area contributed by atoms with Crippen LogP contribution < -0.4 is 0 Å².